The molecule has 1 amide bonds. The van der Waals surface area contributed by atoms with E-state index in [9.17, 15) is 24.8 Å². The molecular weight excluding hydrogens is 408 g/mol. The number of carbonyl (C=O) groups excluding carboxylic acids is 2. The van der Waals surface area contributed by atoms with E-state index in [-0.39, 0.29) is 29.5 Å². The monoisotopic (exact) mass is 430 g/mol. The van der Waals surface area contributed by atoms with Gasteiger partial charge in [0.15, 0.2) is 0 Å². The normalized spacial score (nSPS) is 18.4. The predicted octanol–water partition coefficient (Wildman–Crippen LogP) is 3.89. The maximum absolute atomic E-state index is 12.8. The Balaban J connectivity index is 2.00. The maximum atomic E-state index is 12.8. The summed E-state index contributed by atoms with van der Waals surface area (Å²) < 4.78 is 5.52. The zero-order valence-corrected chi connectivity index (χ0v) is 17.4. The van der Waals surface area contributed by atoms with E-state index in [0.29, 0.717) is 13.0 Å². The van der Waals surface area contributed by atoms with Crippen LogP contribution in [-0.2, 0) is 14.3 Å². The van der Waals surface area contributed by atoms with E-state index in [0.717, 1.165) is 4.88 Å². The van der Waals surface area contributed by atoms with Crippen LogP contribution in [0.4, 0.5) is 5.69 Å². The van der Waals surface area contributed by atoms with Crippen LogP contribution in [0.25, 0.3) is 5.76 Å². The molecule has 8 nitrogen and oxygen atoms in total. The second-order valence-electron chi connectivity index (χ2n) is 7.09. The number of Topliss-reactive ketones (excluding diaryl/α,β-unsaturated/α-hetero) is 1. The summed E-state index contributed by atoms with van der Waals surface area (Å²) in [6.45, 7) is 4.54. The molecule has 2 aromatic rings. The molecule has 1 aliphatic rings. The molecule has 1 aliphatic heterocycles. The van der Waals surface area contributed by atoms with Crippen LogP contribution >= 0.6 is 11.3 Å². The first-order chi connectivity index (χ1) is 14.3. The standard InChI is InChI=1S/C21H22N2O6S/c1-13(2)29-10-5-9-22-18(16-8-4-11-30-16)17(20(25)21(22)26)19(24)14-6-3-7-15(12-14)23(27)28/h3-4,6-8,11-13,18,24H,5,9-10H2,1-2H3/t18-/m1/s1. The SMILES string of the molecule is CC(C)OCCCN1C(=O)C(=O)C(=C(O)c2cccc([N+](=O)[O-])c2)[C@H]1c1cccs1. The van der Waals surface area contributed by atoms with Gasteiger partial charge in [-0.05, 0) is 31.7 Å². The van der Waals surface area contributed by atoms with Crippen LogP contribution in [0.5, 0.6) is 0 Å². The lowest BCUT2D eigenvalue weighted by atomic mass is 9.99. The molecule has 0 saturated carbocycles. The van der Waals surface area contributed by atoms with E-state index in [1.54, 1.807) is 12.1 Å². The Kier molecular flexibility index (Phi) is 6.63. The highest BCUT2D eigenvalue weighted by atomic mass is 32.1. The molecule has 158 valence electrons. The minimum Gasteiger partial charge on any atom is -0.507 e. The molecule has 0 radical (unpaired) electrons. The van der Waals surface area contributed by atoms with Crippen molar-refractivity contribution in [1.29, 1.82) is 0 Å². The molecule has 1 aromatic carbocycles. The Morgan fingerprint density at radius 3 is 2.70 bits per heavy atom. The third-order valence-electron chi connectivity index (χ3n) is 4.68. The lowest BCUT2D eigenvalue weighted by Crippen LogP contribution is -2.31. The van der Waals surface area contributed by atoms with Gasteiger partial charge in [0.1, 0.15) is 5.76 Å². The summed E-state index contributed by atoms with van der Waals surface area (Å²) in [7, 11) is 0. The van der Waals surface area contributed by atoms with Gasteiger partial charge in [0.2, 0.25) is 0 Å². The summed E-state index contributed by atoms with van der Waals surface area (Å²) in [6.07, 6.45) is 0.589. The summed E-state index contributed by atoms with van der Waals surface area (Å²) in [5.41, 5.74) is -0.161. The van der Waals surface area contributed by atoms with Crippen molar-refractivity contribution in [2.24, 2.45) is 0 Å². The summed E-state index contributed by atoms with van der Waals surface area (Å²) in [5.74, 6) is -1.93. The number of thiophene rings is 1. The molecule has 2 heterocycles. The minimum atomic E-state index is -0.804. The van der Waals surface area contributed by atoms with Crippen LogP contribution in [0.1, 0.15) is 36.8 Å². The van der Waals surface area contributed by atoms with Crippen molar-refractivity contribution in [3.05, 3.63) is 67.9 Å². The first kappa shape index (κ1) is 21.7. The van der Waals surface area contributed by atoms with Crippen LogP contribution < -0.4 is 0 Å². The third kappa shape index (κ3) is 4.42. The van der Waals surface area contributed by atoms with Gasteiger partial charge in [0.25, 0.3) is 17.4 Å². The number of hydrogen-bond acceptors (Lipinski definition) is 7. The third-order valence-corrected chi connectivity index (χ3v) is 5.60. The molecule has 0 bridgehead atoms. The zero-order chi connectivity index (χ0) is 21.8. The Morgan fingerprint density at radius 2 is 2.07 bits per heavy atom. The van der Waals surface area contributed by atoms with E-state index in [1.165, 1.54) is 40.5 Å². The maximum Gasteiger partial charge on any atom is 0.295 e. The highest BCUT2D eigenvalue weighted by Gasteiger charge is 2.46. The molecule has 1 N–H and O–H groups in total. The van der Waals surface area contributed by atoms with Gasteiger partial charge in [-0.25, -0.2) is 0 Å². The predicted molar refractivity (Wildman–Crippen MR) is 112 cm³/mol. The number of ketones is 1. The van der Waals surface area contributed by atoms with E-state index in [1.807, 2.05) is 19.2 Å². The van der Waals surface area contributed by atoms with Crippen molar-refractivity contribution in [1.82, 2.24) is 4.90 Å². The number of nitro groups is 1. The fraction of sp³-hybridized carbons (Fsp3) is 0.333. The van der Waals surface area contributed by atoms with Crippen molar-refractivity contribution in [3.8, 4) is 0 Å². The van der Waals surface area contributed by atoms with Crippen molar-refractivity contribution in [3.63, 3.8) is 0 Å². The Hall–Kier alpha value is -3.04. The highest BCUT2D eigenvalue weighted by molar-refractivity contribution is 7.10. The summed E-state index contributed by atoms with van der Waals surface area (Å²) in [6, 6.07) is 8.22. The Bertz CT molecular complexity index is 983. The van der Waals surface area contributed by atoms with Crippen molar-refractivity contribution >= 4 is 34.5 Å². The van der Waals surface area contributed by atoms with Gasteiger partial charge in [-0.3, -0.25) is 19.7 Å². The summed E-state index contributed by atoms with van der Waals surface area (Å²) in [5, 5.41) is 23.8. The summed E-state index contributed by atoms with van der Waals surface area (Å²) in [4.78, 5) is 38.2. The van der Waals surface area contributed by atoms with Crippen molar-refractivity contribution in [2.45, 2.75) is 32.4 Å². The molecule has 9 heteroatoms. The molecule has 0 aliphatic carbocycles. The lowest BCUT2D eigenvalue weighted by molar-refractivity contribution is -0.384. The van der Waals surface area contributed by atoms with Crippen molar-refractivity contribution in [2.75, 3.05) is 13.2 Å². The van der Waals surface area contributed by atoms with Gasteiger partial charge in [-0.1, -0.05) is 18.2 Å². The van der Waals surface area contributed by atoms with Crippen LogP contribution in [0.3, 0.4) is 0 Å². The number of likely N-dealkylation sites (tertiary alicyclic amines) is 1. The zero-order valence-electron chi connectivity index (χ0n) is 16.6. The largest absolute Gasteiger partial charge is 0.507 e. The van der Waals surface area contributed by atoms with Gasteiger partial charge < -0.3 is 14.7 Å². The average Bonchev–Trinajstić information content (AvgIpc) is 3.32. The number of nitrogens with zero attached hydrogens (tertiary/aromatic N) is 2. The number of rotatable bonds is 8. The van der Waals surface area contributed by atoms with Crippen LogP contribution in [0.15, 0.2) is 47.4 Å². The fourth-order valence-corrected chi connectivity index (χ4v) is 4.17. The first-order valence-corrected chi connectivity index (χ1v) is 10.4. The van der Waals surface area contributed by atoms with E-state index in [2.05, 4.69) is 0 Å². The first-order valence-electron chi connectivity index (χ1n) is 9.49. The van der Waals surface area contributed by atoms with Crippen molar-refractivity contribution < 1.29 is 24.4 Å². The number of ether oxygens (including phenoxy) is 1. The molecule has 3 rings (SSSR count). The molecule has 1 atom stereocenters. The average molecular weight is 430 g/mol. The number of hydrogen-bond donors (Lipinski definition) is 1. The Morgan fingerprint density at radius 1 is 1.30 bits per heavy atom. The Labute approximate surface area is 177 Å². The van der Waals surface area contributed by atoms with E-state index < -0.39 is 28.4 Å². The highest BCUT2D eigenvalue weighted by Crippen LogP contribution is 2.41. The van der Waals surface area contributed by atoms with E-state index >= 15 is 0 Å². The smallest absolute Gasteiger partial charge is 0.295 e. The minimum absolute atomic E-state index is 0.0578. The number of aliphatic hydroxyl groups excluding tert-OH is 1. The van der Waals surface area contributed by atoms with Crippen LogP contribution in [0.2, 0.25) is 0 Å². The number of amides is 1. The van der Waals surface area contributed by atoms with Crippen LogP contribution in [-0.4, -0.2) is 45.9 Å². The molecule has 0 spiro atoms. The number of non-ortho nitro benzene ring substituents is 1. The van der Waals surface area contributed by atoms with Gasteiger partial charge in [-0.2, -0.15) is 0 Å². The second kappa shape index (κ2) is 9.19. The van der Waals surface area contributed by atoms with Gasteiger partial charge in [0.05, 0.1) is 22.6 Å². The van der Waals surface area contributed by atoms with Crippen LogP contribution in [0, 0.1) is 10.1 Å². The second-order valence-corrected chi connectivity index (χ2v) is 8.07. The van der Waals surface area contributed by atoms with Gasteiger partial charge in [0, 0.05) is 35.7 Å². The number of aliphatic hydroxyl groups is 1. The topological polar surface area (TPSA) is 110 Å². The quantitative estimate of drug-likeness (QED) is 0.170. The fourth-order valence-electron chi connectivity index (χ4n) is 3.33. The number of nitro benzene ring substituents is 1. The molecule has 30 heavy (non-hydrogen) atoms. The van der Waals surface area contributed by atoms with Gasteiger partial charge >= 0.3 is 0 Å². The summed E-state index contributed by atoms with van der Waals surface area (Å²) >= 11 is 1.37. The molecule has 0 unspecified atom stereocenters. The molecule has 1 aromatic heterocycles. The molecular formula is C21H22N2O6S. The molecule has 1 fully saturated rings. The van der Waals surface area contributed by atoms with Gasteiger partial charge in [-0.15, -0.1) is 11.3 Å². The molecule has 1 saturated heterocycles. The van der Waals surface area contributed by atoms with E-state index in [4.69, 9.17) is 4.74 Å². The number of benzene rings is 1. The number of carbonyl (C=O) groups is 2. The lowest BCUT2D eigenvalue weighted by Gasteiger charge is -2.24.